The summed E-state index contributed by atoms with van der Waals surface area (Å²) in [6, 6.07) is 44.9. The number of para-hydroxylation sites is 2. The molecule has 2 aliphatic heterocycles. The van der Waals surface area contributed by atoms with Crippen LogP contribution < -0.4 is 14.7 Å². The van der Waals surface area contributed by atoms with Gasteiger partial charge in [0.1, 0.15) is 28.6 Å². The van der Waals surface area contributed by atoms with E-state index in [1.807, 2.05) is 97.5 Å². The number of benzene rings is 3. The normalized spacial score (nSPS) is 18.4. The topological polar surface area (TPSA) is 180 Å². The van der Waals surface area contributed by atoms with Crippen molar-refractivity contribution in [1.82, 2.24) is 59.7 Å². The lowest BCUT2D eigenvalue weighted by atomic mass is 9.81. The van der Waals surface area contributed by atoms with Crippen molar-refractivity contribution in [3.8, 4) is 0 Å². The number of fused-ring (bicyclic) bond motifs is 5. The van der Waals surface area contributed by atoms with Crippen LogP contribution in [0.25, 0.3) is 43.8 Å². The Morgan fingerprint density at radius 1 is 0.603 bits per heavy atom. The Labute approximate surface area is 386 Å². The summed E-state index contributed by atoms with van der Waals surface area (Å²) < 4.78 is 2.11. The van der Waals surface area contributed by atoms with E-state index in [0.717, 1.165) is 55.2 Å². The molecule has 9 aromatic heterocycles. The summed E-state index contributed by atoms with van der Waals surface area (Å²) in [5.74, 6) is 1.59. The van der Waals surface area contributed by atoms with Crippen LogP contribution in [0.5, 0.6) is 0 Å². The van der Waals surface area contributed by atoms with Gasteiger partial charge < -0.3 is 24.3 Å². The molecule has 12 aromatic rings. The van der Waals surface area contributed by atoms with Crippen LogP contribution in [0.1, 0.15) is 28.5 Å². The molecule has 2 atom stereocenters. The number of H-pyrrole nitrogens is 4. The summed E-state index contributed by atoms with van der Waals surface area (Å²) in [5.41, 5.74) is 4.54. The van der Waals surface area contributed by atoms with Crippen molar-refractivity contribution in [2.75, 3.05) is 14.7 Å². The molecule has 0 amide bonds. The molecule has 2 unspecified atom stereocenters. The van der Waals surface area contributed by atoms with Crippen molar-refractivity contribution in [2.24, 2.45) is 4.99 Å². The summed E-state index contributed by atoms with van der Waals surface area (Å²) in [6.07, 6.45) is 18.4. The van der Waals surface area contributed by atoms with Gasteiger partial charge in [-0.05, 0) is 72.1 Å². The number of nitrogens with one attached hydrogen (secondary N) is 4. The third-order valence-electron chi connectivity index (χ3n) is 13.1. The molecule has 11 heterocycles. The largest absolute Gasteiger partial charge is 0.359 e. The molecule has 0 spiro atoms. The molecule has 3 aromatic carbocycles. The number of hydrogen-bond donors (Lipinski definition) is 4. The Morgan fingerprint density at radius 3 is 2.26 bits per heavy atom. The van der Waals surface area contributed by atoms with Gasteiger partial charge in [0.2, 0.25) is 17.3 Å². The molecule has 2 aliphatic rings. The number of rotatable bonds is 8. The molecular formula is C52H36N16. The predicted octanol–water partition coefficient (Wildman–Crippen LogP) is 8.89. The molecule has 16 heteroatoms. The summed E-state index contributed by atoms with van der Waals surface area (Å²) in [7, 11) is 0. The van der Waals surface area contributed by atoms with E-state index in [-0.39, 0.29) is 0 Å². The van der Waals surface area contributed by atoms with Gasteiger partial charge in [-0.25, -0.2) is 15.0 Å². The van der Waals surface area contributed by atoms with Gasteiger partial charge >= 0.3 is 0 Å². The van der Waals surface area contributed by atoms with Crippen molar-refractivity contribution in [1.29, 1.82) is 0 Å². The zero-order valence-corrected chi connectivity index (χ0v) is 35.8. The minimum Gasteiger partial charge on any atom is -0.359 e. The number of pyridine rings is 1. The first kappa shape index (κ1) is 37.7. The van der Waals surface area contributed by atoms with Crippen LogP contribution in [0, 0.1) is 0 Å². The lowest BCUT2D eigenvalue weighted by Gasteiger charge is -2.61. The fourth-order valence-corrected chi connectivity index (χ4v) is 10.5. The van der Waals surface area contributed by atoms with E-state index in [2.05, 4.69) is 105 Å². The number of anilines is 3. The number of amidine groups is 1. The van der Waals surface area contributed by atoms with Crippen molar-refractivity contribution in [2.45, 2.75) is 11.3 Å². The van der Waals surface area contributed by atoms with Crippen molar-refractivity contribution in [3.63, 3.8) is 0 Å². The molecular weight excluding hydrogens is 849 g/mol. The summed E-state index contributed by atoms with van der Waals surface area (Å²) >= 11 is 0. The highest BCUT2D eigenvalue weighted by atomic mass is 15.6. The first-order chi connectivity index (χ1) is 33.7. The van der Waals surface area contributed by atoms with E-state index in [4.69, 9.17) is 35.1 Å². The van der Waals surface area contributed by atoms with Gasteiger partial charge in [-0.3, -0.25) is 24.9 Å². The van der Waals surface area contributed by atoms with Gasteiger partial charge in [-0.15, -0.1) is 0 Å². The second kappa shape index (κ2) is 14.4. The van der Waals surface area contributed by atoms with E-state index >= 15 is 0 Å². The monoisotopic (exact) mass is 884 g/mol. The van der Waals surface area contributed by atoms with E-state index in [0.29, 0.717) is 46.1 Å². The lowest BCUT2D eigenvalue weighted by Crippen LogP contribution is -2.74. The fourth-order valence-electron chi connectivity index (χ4n) is 10.5. The standard InChI is InChI=1S/C52H36N16/c1-3-14-35-34(13-1)31-58-45(35)46-48-52(43-32-53-26-27-54-43,67(44-20-10-22-55-44)49(61-48)39-30-33-12-2-5-16-37(33)60-39)68(50-56-23-11-24-57-50)51(42-19-9-25-59-63-42,47-36-15-4-6-17-38(36)62-64-47)66(46)41-21-29-65-28-8-7-18-40(41)65/h1-32,55,58,60H,(H,62,64). The SMILES string of the molecule is c1cnc(N2C3(c4cnccn4)C(=C(c4[nH]cc5ccccc45)N(c4ccn5ccccc45)C2(c2cccnn2)c2n[nH]c4ccccc24)N=C(c2cc4ccccc4[nH]2)N3c2ccc[nH]2)nc1. The van der Waals surface area contributed by atoms with Crippen molar-refractivity contribution < 1.29 is 0 Å². The maximum atomic E-state index is 6.00. The second-order valence-electron chi connectivity index (χ2n) is 16.6. The molecule has 324 valence electrons. The molecule has 0 radical (unpaired) electrons. The summed E-state index contributed by atoms with van der Waals surface area (Å²) in [6.45, 7) is 0. The smallest absolute Gasteiger partial charge is 0.230 e. The van der Waals surface area contributed by atoms with Crippen LogP contribution in [-0.4, -0.2) is 65.5 Å². The molecule has 0 saturated heterocycles. The Morgan fingerprint density at radius 2 is 1.44 bits per heavy atom. The van der Waals surface area contributed by atoms with E-state index in [1.54, 1.807) is 37.2 Å². The van der Waals surface area contributed by atoms with Crippen molar-refractivity contribution >= 4 is 67.1 Å². The average Bonchev–Trinajstić information content (AvgIpc) is 4.28. The maximum absolute atomic E-state index is 6.00. The fraction of sp³-hybridized carbons (Fsp3) is 0.0385. The van der Waals surface area contributed by atoms with Crippen LogP contribution >= 0.6 is 0 Å². The van der Waals surface area contributed by atoms with E-state index in [9.17, 15) is 0 Å². The highest BCUT2D eigenvalue weighted by Gasteiger charge is 2.71. The molecule has 4 N–H and O–H groups in total. The zero-order chi connectivity index (χ0) is 44.8. The molecule has 0 aliphatic carbocycles. The molecule has 0 bridgehead atoms. The summed E-state index contributed by atoms with van der Waals surface area (Å²) in [4.78, 5) is 44.5. The number of hydrogen-bond acceptors (Lipinski definition) is 11. The van der Waals surface area contributed by atoms with Gasteiger partial charge in [-0.1, -0.05) is 66.7 Å². The zero-order valence-electron chi connectivity index (χ0n) is 35.8. The van der Waals surface area contributed by atoms with Crippen LogP contribution in [-0.2, 0) is 11.3 Å². The average molecular weight is 885 g/mol. The van der Waals surface area contributed by atoms with Crippen molar-refractivity contribution in [3.05, 3.63) is 230 Å². The van der Waals surface area contributed by atoms with E-state index in [1.165, 1.54) is 0 Å². The quantitative estimate of drug-likeness (QED) is 0.115. The Hall–Kier alpha value is -9.70. The molecule has 16 nitrogen and oxygen atoms in total. The van der Waals surface area contributed by atoms with Crippen LogP contribution in [0.2, 0.25) is 0 Å². The molecule has 68 heavy (non-hydrogen) atoms. The number of aromatic nitrogens is 12. The van der Waals surface area contributed by atoms with Crippen LogP contribution in [0.4, 0.5) is 17.5 Å². The lowest BCUT2D eigenvalue weighted by molar-refractivity contribution is 0.319. The highest BCUT2D eigenvalue weighted by Crippen LogP contribution is 2.63. The molecule has 0 saturated carbocycles. The van der Waals surface area contributed by atoms with Gasteiger partial charge in [-0.2, -0.15) is 15.3 Å². The van der Waals surface area contributed by atoms with Gasteiger partial charge in [0.05, 0.1) is 40.0 Å². The Kier molecular flexibility index (Phi) is 7.97. The Bertz CT molecular complexity index is 3880. The Balaban J connectivity index is 1.29. The number of aliphatic imine (C=N–C) groups is 1. The predicted molar refractivity (Wildman–Crippen MR) is 260 cm³/mol. The molecule has 14 rings (SSSR count). The minimum atomic E-state index is -1.69. The third-order valence-corrected chi connectivity index (χ3v) is 13.1. The molecule has 0 fully saturated rings. The van der Waals surface area contributed by atoms with Gasteiger partial charge in [0.25, 0.3) is 0 Å². The van der Waals surface area contributed by atoms with Crippen LogP contribution in [0.3, 0.4) is 0 Å². The number of aromatic amines is 4. The van der Waals surface area contributed by atoms with Gasteiger partial charge in [0, 0.05) is 77.4 Å². The second-order valence-corrected chi connectivity index (χ2v) is 16.6. The minimum absolute atomic E-state index is 0.307. The van der Waals surface area contributed by atoms with E-state index < -0.39 is 11.3 Å². The summed E-state index contributed by atoms with van der Waals surface area (Å²) in [5, 5.41) is 22.5. The first-order valence-electron chi connectivity index (χ1n) is 22.1. The van der Waals surface area contributed by atoms with Crippen LogP contribution in [0.15, 0.2) is 206 Å². The third kappa shape index (κ3) is 5.07. The number of nitrogens with zero attached hydrogens (tertiary/aromatic N) is 12. The maximum Gasteiger partial charge on any atom is 0.230 e. The first-order valence-corrected chi connectivity index (χ1v) is 22.1. The highest BCUT2D eigenvalue weighted by molar-refractivity contribution is 6.17. The van der Waals surface area contributed by atoms with Gasteiger partial charge in [0.15, 0.2) is 5.84 Å².